The highest BCUT2D eigenvalue weighted by Gasteiger charge is 2.16. The monoisotopic (exact) mass is 614 g/mol. The molecule has 2 unspecified atom stereocenters. The SMILES string of the molecule is CCCCC(CC)COC(=O)c1ccc(OC(=O)c2ccc(C(=O)c3ccc(C(=O)OCC(CC)CCCC)cc3)cc2)cc1. The highest BCUT2D eigenvalue weighted by atomic mass is 16.5. The van der Waals surface area contributed by atoms with Gasteiger partial charge in [-0.25, -0.2) is 14.4 Å². The molecule has 0 fully saturated rings. The van der Waals surface area contributed by atoms with E-state index in [1.807, 2.05) is 0 Å². The minimum absolute atomic E-state index is 0.237. The first-order chi connectivity index (χ1) is 21.8. The molecule has 7 heteroatoms. The lowest BCUT2D eigenvalue weighted by Gasteiger charge is -2.14. The Bertz CT molecular complexity index is 1380. The van der Waals surface area contributed by atoms with Crippen LogP contribution in [0.5, 0.6) is 5.75 Å². The maximum Gasteiger partial charge on any atom is 0.343 e. The summed E-state index contributed by atoms with van der Waals surface area (Å²) in [4.78, 5) is 50.6. The van der Waals surface area contributed by atoms with Crippen LogP contribution < -0.4 is 4.74 Å². The first kappa shape index (κ1) is 35.2. The molecule has 0 N–H and O–H groups in total. The third-order valence-electron chi connectivity index (χ3n) is 8.05. The number of unbranched alkanes of at least 4 members (excludes halogenated alkanes) is 2. The Hall–Kier alpha value is -4.26. The van der Waals surface area contributed by atoms with Crippen molar-refractivity contribution in [1.29, 1.82) is 0 Å². The van der Waals surface area contributed by atoms with E-state index in [4.69, 9.17) is 14.2 Å². The zero-order chi connectivity index (χ0) is 32.6. The van der Waals surface area contributed by atoms with E-state index in [1.54, 1.807) is 60.7 Å². The summed E-state index contributed by atoms with van der Waals surface area (Å²) in [6, 6.07) is 18.8. The van der Waals surface area contributed by atoms with Gasteiger partial charge in [-0.2, -0.15) is 0 Å². The molecule has 0 aliphatic heterocycles. The molecule has 0 amide bonds. The average Bonchev–Trinajstić information content (AvgIpc) is 3.08. The van der Waals surface area contributed by atoms with Crippen LogP contribution in [0.2, 0.25) is 0 Å². The van der Waals surface area contributed by atoms with Crippen LogP contribution >= 0.6 is 0 Å². The number of rotatable bonds is 18. The Kier molecular flexibility index (Phi) is 14.5. The molecule has 0 heterocycles. The number of ether oxygens (including phenoxy) is 3. The summed E-state index contributed by atoms with van der Waals surface area (Å²) < 4.78 is 16.4. The van der Waals surface area contributed by atoms with Crippen LogP contribution in [0.4, 0.5) is 0 Å². The van der Waals surface area contributed by atoms with Crippen LogP contribution in [0.3, 0.4) is 0 Å². The third kappa shape index (κ3) is 11.0. The maximum absolute atomic E-state index is 13.0. The molecule has 0 aromatic heterocycles. The summed E-state index contributed by atoms with van der Waals surface area (Å²) in [5, 5.41) is 0. The highest BCUT2D eigenvalue weighted by Crippen LogP contribution is 2.19. The van der Waals surface area contributed by atoms with Gasteiger partial charge in [0.25, 0.3) is 0 Å². The lowest BCUT2D eigenvalue weighted by atomic mass is 10.00. The Labute approximate surface area is 267 Å². The van der Waals surface area contributed by atoms with Crippen LogP contribution in [0.25, 0.3) is 0 Å². The van der Waals surface area contributed by atoms with Crippen LogP contribution in [0.1, 0.15) is 126 Å². The van der Waals surface area contributed by atoms with Crippen molar-refractivity contribution in [3.63, 3.8) is 0 Å². The molecule has 0 aliphatic rings. The number of benzene rings is 3. The quantitative estimate of drug-likeness (QED) is 0.0802. The number of carbonyl (C=O) groups is 4. The maximum atomic E-state index is 13.0. The van der Waals surface area contributed by atoms with E-state index in [0.29, 0.717) is 47.3 Å². The summed E-state index contributed by atoms with van der Waals surface area (Å²) >= 11 is 0. The Morgan fingerprint density at radius 2 is 0.867 bits per heavy atom. The van der Waals surface area contributed by atoms with Gasteiger partial charge >= 0.3 is 17.9 Å². The van der Waals surface area contributed by atoms with Gasteiger partial charge in [0, 0.05) is 11.1 Å². The standard InChI is InChI=1S/C38H46O7/c1-5-9-11-27(7-3)25-43-36(40)31-17-13-29(14-18-31)35(39)30-15-19-33(20-16-30)38(42)45-34-23-21-32(22-24-34)37(41)44-26-28(8-4)12-10-6-2/h13-24,27-28H,5-12,25-26H2,1-4H3. The molecule has 0 bridgehead atoms. The van der Waals surface area contributed by atoms with Crippen LogP contribution in [-0.2, 0) is 9.47 Å². The fourth-order valence-corrected chi connectivity index (χ4v) is 4.86. The number of hydrogen-bond acceptors (Lipinski definition) is 7. The summed E-state index contributed by atoms with van der Waals surface area (Å²) in [6.07, 6.45) is 8.44. The topological polar surface area (TPSA) is 96.0 Å². The van der Waals surface area contributed by atoms with E-state index in [0.717, 1.165) is 51.4 Å². The van der Waals surface area contributed by atoms with Crippen molar-refractivity contribution in [2.24, 2.45) is 11.8 Å². The number of carbonyl (C=O) groups excluding carboxylic acids is 4. The average molecular weight is 615 g/mol. The summed E-state index contributed by atoms with van der Waals surface area (Å²) in [7, 11) is 0. The Morgan fingerprint density at radius 1 is 0.511 bits per heavy atom. The van der Waals surface area contributed by atoms with Gasteiger partial charge in [-0.1, -0.05) is 90.5 Å². The van der Waals surface area contributed by atoms with Gasteiger partial charge in [0.2, 0.25) is 0 Å². The van der Waals surface area contributed by atoms with Crippen molar-refractivity contribution < 1.29 is 33.4 Å². The van der Waals surface area contributed by atoms with Gasteiger partial charge in [0.1, 0.15) is 5.75 Å². The predicted octanol–water partition coefficient (Wildman–Crippen LogP) is 8.88. The lowest BCUT2D eigenvalue weighted by Crippen LogP contribution is -2.14. The molecular formula is C38H46O7. The molecule has 7 nitrogen and oxygen atoms in total. The van der Waals surface area contributed by atoms with Crippen molar-refractivity contribution in [2.75, 3.05) is 13.2 Å². The second-order valence-corrected chi connectivity index (χ2v) is 11.4. The zero-order valence-electron chi connectivity index (χ0n) is 27.0. The normalized spacial score (nSPS) is 12.2. The predicted molar refractivity (Wildman–Crippen MR) is 175 cm³/mol. The molecule has 3 aromatic carbocycles. The third-order valence-corrected chi connectivity index (χ3v) is 8.05. The molecule has 0 aliphatic carbocycles. The minimum atomic E-state index is -0.589. The largest absolute Gasteiger partial charge is 0.462 e. The number of esters is 3. The fraction of sp³-hybridized carbons (Fsp3) is 0.421. The zero-order valence-corrected chi connectivity index (χ0v) is 27.0. The molecule has 45 heavy (non-hydrogen) atoms. The smallest absolute Gasteiger partial charge is 0.343 e. The van der Waals surface area contributed by atoms with E-state index in [9.17, 15) is 19.2 Å². The van der Waals surface area contributed by atoms with Crippen molar-refractivity contribution in [2.45, 2.75) is 79.1 Å². The molecule has 2 atom stereocenters. The Morgan fingerprint density at radius 3 is 1.24 bits per heavy atom. The van der Waals surface area contributed by atoms with Crippen LogP contribution in [-0.4, -0.2) is 36.9 Å². The second-order valence-electron chi connectivity index (χ2n) is 11.4. The van der Waals surface area contributed by atoms with E-state index in [1.165, 1.54) is 12.1 Å². The molecule has 0 saturated heterocycles. The molecule has 240 valence electrons. The first-order valence-electron chi connectivity index (χ1n) is 16.2. The van der Waals surface area contributed by atoms with E-state index >= 15 is 0 Å². The van der Waals surface area contributed by atoms with Crippen molar-refractivity contribution in [1.82, 2.24) is 0 Å². The molecule has 0 spiro atoms. The first-order valence-corrected chi connectivity index (χ1v) is 16.2. The minimum Gasteiger partial charge on any atom is -0.462 e. The molecule has 3 rings (SSSR count). The Balaban J connectivity index is 1.52. The molecular weight excluding hydrogens is 568 g/mol. The molecule has 3 aromatic rings. The van der Waals surface area contributed by atoms with Gasteiger partial charge in [-0.15, -0.1) is 0 Å². The van der Waals surface area contributed by atoms with Crippen molar-refractivity contribution in [3.8, 4) is 5.75 Å². The highest BCUT2D eigenvalue weighted by molar-refractivity contribution is 6.09. The van der Waals surface area contributed by atoms with Gasteiger partial charge in [-0.3, -0.25) is 4.79 Å². The number of hydrogen-bond donors (Lipinski definition) is 0. The summed E-state index contributed by atoms with van der Waals surface area (Å²) in [5.74, 6) is -0.635. The van der Waals surface area contributed by atoms with Gasteiger partial charge in [0.15, 0.2) is 5.78 Å². The van der Waals surface area contributed by atoms with E-state index in [-0.39, 0.29) is 17.1 Å². The molecule has 0 radical (unpaired) electrons. The van der Waals surface area contributed by atoms with Gasteiger partial charge in [-0.05, 0) is 73.2 Å². The van der Waals surface area contributed by atoms with Gasteiger partial charge < -0.3 is 14.2 Å². The van der Waals surface area contributed by atoms with Gasteiger partial charge in [0.05, 0.1) is 29.9 Å². The second kappa shape index (κ2) is 18.5. The van der Waals surface area contributed by atoms with Crippen molar-refractivity contribution >= 4 is 23.7 Å². The van der Waals surface area contributed by atoms with Crippen LogP contribution in [0.15, 0.2) is 72.8 Å². The van der Waals surface area contributed by atoms with E-state index < -0.39 is 17.9 Å². The summed E-state index contributed by atoms with van der Waals surface area (Å²) in [6.45, 7) is 9.27. The van der Waals surface area contributed by atoms with Crippen LogP contribution in [0, 0.1) is 11.8 Å². The molecule has 0 saturated carbocycles. The van der Waals surface area contributed by atoms with Crippen molar-refractivity contribution in [3.05, 3.63) is 101 Å². The number of ketones is 1. The van der Waals surface area contributed by atoms with E-state index in [2.05, 4.69) is 27.7 Å². The lowest BCUT2D eigenvalue weighted by molar-refractivity contribution is 0.0419. The fourth-order valence-electron chi connectivity index (χ4n) is 4.86. The summed E-state index contributed by atoms with van der Waals surface area (Å²) in [5.41, 5.74) is 1.87.